The molecule has 14 aromatic carbocycles. The molecule has 3 aromatic heterocycles. The lowest BCUT2D eigenvalue weighted by atomic mass is 9.77. The lowest BCUT2D eigenvalue weighted by Gasteiger charge is -2.24. The molecule has 0 atom stereocenters. The van der Waals surface area contributed by atoms with Crippen LogP contribution in [0.5, 0.6) is 17.2 Å². The molecule has 0 saturated carbocycles. The van der Waals surface area contributed by atoms with E-state index in [0.717, 1.165) is 17.2 Å². The highest BCUT2D eigenvalue weighted by Crippen LogP contribution is 2.61. The van der Waals surface area contributed by atoms with Crippen molar-refractivity contribution >= 4 is 119 Å². The summed E-state index contributed by atoms with van der Waals surface area (Å²) in [6.45, 7) is 16.0. The first-order valence-electron chi connectivity index (χ1n) is 33.5. The van der Waals surface area contributed by atoms with Gasteiger partial charge in [-0.1, -0.05) is 217 Å². The lowest BCUT2D eigenvalue weighted by Crippen LogP contribution is -2.42. The Balaban J connectivity index is 0.0000000952. The quantitative estimate of drug-likeness (QED) is 0.0863. The van der Waals surface area contributed by atoms with Crippen molar-refractivity contribution in [2.24, 2.45) is 0 Å². The third-order valence-electron chi connectivity index (χ3n) is 22.7. The fraction of sp³-hybridized carbons (Fsp3) is 0.135. The van der Waals surface area contributed by atoms with E-state index in [2.05, 4.69) is 298 Å². The molecule has 0 saturated heterocycles. The Kier molecular flexibility index (Phi) is 10.4. The Morgan fingerprint density at radius 3 is 1.18 bits per heavy atom. The predicted molar refractivity (Wildman–Crippen MR) is 387 cm³/mol. The first-order chi connectivity index (χ1) is 46.4. The number of aromatic nitrogens is 3. The van der Waals surface area contributed by atoms with Crippen molar-refractivity contribution in [1.29, 1.82) is 0 Å². The number of fused-ring (bicyclic) bond motifs is 21. The number of nitrogens with zero attached hydrogens (tertiary/aromatic N) is 3. The van der Waals surface area contributed by atoms with E-state index in [1.807, 2.05) is 0 Å². The summed E-state index contributed by atoms with van der Waals surface area (Å²) in [7, 11) is 0. The molecule has 95 heavy (non-hydrogen) atoms. The molecule has 17 aromatic rings. The van der Waals surface area contributed by atoms with E-state index in [1.54, 1.807) is 0 Å². The maximum atomic E-state index is 6.46. The molecular formula is C89H64N3O3+3. The van der Waals surface area contributed by atoms with E-state index in [4.69, 9.17) is 14.2 Å². The number of benzene rings is 14. The van der Waals surface area contributed by atoms with Crippen LogP contribution in [0, 0.1) is 0 Å². The molecule has 0 amide bonds. The standard InChI is InChI=1S/2C31H22NO.C27H20NO/c1-31(2)24-16-23-21-9-5-3-7-18(21)13-14-25(23)32-17-33-26-15-20-12-11-19-8-4-6-10-22(19)27(20)29(31)28(26)30(24)32;1-31(2)28-24-14-20-9-4-3-8-19(20)13-22(24)16-32-17-33-25-15-21-12-11-18-7-5-6-10-23(18)26(21)29(31)27(25)30(28)32;1-27(2)24-20-10-6-4-8-18(20)14-28-15-29-21-13-17-12-11-16-7-3-5-9-19(16)22(17)25(27)23(21)26(24)28/h2*3-16H,17H2,1-2H3;3-14H,15H2,1-2H3/q3*+1. The van der Waals surface area contributed by atoms with Crippen LogP contribution in [-0.4, -0.2) is 0 Å². The number of ether oxygens (including phenoxy) is 3. The summed E-state index contributed by atoms with van der Waals surface area (Å²) in [6, 6.07) is 84.2. The van der Waals surface area contributed by atoms with Crippen LogP contribution in [0.15, 0.2) is 243 Å². The number of hydrogen-bond acceptors (Lipinski definition) is 3. The van der Waals surface area contributed by atoms with Crippen molar-refractivity contribution in [3.05, 3.63) is 276 Å². The molecule has 23 rings (SSSR count). The van der Waals surface area contributed by atoms with Crippen molar-refractivity contribution in [3.8, 4) is 51.0 Å². The largest absolute Gasteiger partial charge is 0.435 e. The molecule has 6 heteroatoms. The molecule has 3 aliphatic heterocycles. The van der Waals surface area contributed by atoms with Gasteiger partial charge in [0.25, 0.3) is 20.2 Å². The van der Waals surface area contributed by atoms with Gasteiger partial charge in [-0.2, -0.15) is 13.7 Å². The van der Waals surface area contributed by atoms with Crippen LogP contribution in [0.1, 0.15) is 74.9 Å². The Bertz CT molecular complexity index is 6440. The van der Waals surface area contributed by atoms with Gasteiger partial charge in [0.15, 0.2) is 12.4 Å². The summed E-state index contributed by atoms with van der Waals surface area (Å²) in [6.07, 6.45) is 4.53. The van der Waals surface area contributed by atoms with Gasteiger partial charge in [0.2, 0.25) is 22.6 Å². The molecule has 0 fully saturated rings. The molecule has 450 valence electrons. The molecule has 0 N–H and O–H groups in total. The molecule has 3 aliphatic carbocycles. The van der Waals surface area contributed by atoms with E-state index in [1.165, 1.54) is 186 Å². The van der Waals surface area contributed by atoms with Crippen LogP contribution < -0.4 is 27.9 Å². The molecule has 6 nitrogen and oxygen atoms in total. The Morgan fingerprint density at radius 1 is 0.274 bits per heavy atom. The highest BCUT2D eigenvalue weighted by atomic mass is 16.5. The van der Waals surface area contributed by atoms with Gasteiger partial charge in [0.1, 0.15) is 17.2 Å². The first kappa shape index (κ1) is 53.3. The first-order valence-corrected chi connectivity index (χ1v) is 33.5. The second-order valence-electron chi connectivity index (χ2n) is 28.8. The van der Waals surface area contributed by atoms with E-state index in [9.17, 15) is 0 Å². The van der Waals surface area contributed by atoms with Gasteiger partial charge < -0.3 is 14.2 Å². The van der Waals surface area contributed by atoms with Crippen LogP contribution in [0.3, 0.4) is 0 Å². The van der Waals surface area contributed by atoms with Gasteiger partial charge in [-0.15, -0.1) is 0 Å². The summed E-state index contributed by atoms with van der Waals surface area (Å²) in [4.78, 5) is 0. The number of rotatable bonds is 0. The van der Waals surface area contributed by atoms with E-state index in [0.29, 0.717) is 20.2 Å². The topological polar surface area (TPSA) is 39.3 Å². The lowest BCUT2D eigenvalue weighted by molar-refractivity contribution is -0.716. The highest BCUT2D eigenvalue weighted by Gasteiger charge is 2.51. The molecule has 0 radical (unpaired) electrons. The summed E-state index contributed by atoms with van der Waals surface area (Å²) >= 11 is 0. The molecule has 0 bridgehead atoms. The van der Waals surface area contributed by atoms with Gasteiger partial charge in [-0.25, -0.2) is 0 Å². The van der Waals surface area contributed by atoms with Crippen LogP contribution in [0.2, 0.25) is 0 Å². The summed E-state index contributed by atoms with van der Waals surface area (Å²) in [5.74, 6) is 3.05. The molecule has 6 aliphatic rings. The summed E-state index contributed by atoms with van der Waals surface area (Å²) < 4.78 is 26.1. The van der Waals surface area contributed by atoms with Gasteiger partial charge in [-0.05, 0) is 162 Å². The van der Waals surface area contributed by atoms with E-state index < -0.39 is 0 Å². The molecule has 0 spiro atoms. The minimum Gasteiger partial charge on any atom is -0.435 e. The zero-order chi connectivity index (χ0) is 63.1. The fourth-order valence-corrected chi connectivity index (χ4v) is 18.6. The van der Waals surface area contributed by atoms with Crippen molar-refractivity contribution in [2.45, 2.75) is 78.0 Å². The second-order valence-corrected chi connectivity index (χ2v) is 28.8. The number of pyridine rings is 3. The summed E-state index contributed by atoms with van der Waals surface area (Å²) in [5, 5.41) is 27.4. The molecular weight excluding hydrogens is 1160 g/mol. The second kappa shape index (κ2) is 18.5. The van der Waals surface area contributed by atoms with Crippen LogP contribution in [0.4, 0.5) is 0 Å². The zero-order valence-corrected chi connectivity index (χ0v) is 53.8. The summed E-state index contributed by atoms with van der Waals surface area (Å²) in [5.41, 5.74) is 17.1. The average Bonchev–Trinajstić information content (AvgIpc) is 1.55. The van der Waals surface area contributed by atoms with E-state index in [-0.39, 0.29) is 16.2 Å². The SMILES string of the molecule is CC1(C)c2c3[n+](cc4cc5ccccc5cc24)COc2cc4ccc5ccccc5c4c1c2-3.CC1(C)c2c3[n+](cc4ccccc24)COc2cc4ccc5ccccc5c4c1c2-3.CC1(C)c2cc3c4ccccc4ccc3[n+]3c2-c2c(cc4ccc5ccccc5c4c21)OC3. The van der Waals surface area contributed by atoms with E-state index >= 15 is 0 Å². The maximum absolute atomic E-state index is 6.46. The van der Waals surface area contributed by atoms with Gasteiger partial charge in [0, 0.05) is 49.8 Å². The van der Waals surface area contributed by atoms with Crippen molar-refractivity contribution in [1.82, 2.24) is 0 Å². The third kappa shape index (κ3) is 7.00. The van der Waals surface area contributed by atoms with Gasteiger partial charge >= 0.3 is 0 Å². The smallest absolute Gasteiger partial charge is 0.293 e. The van der Waals surface area contributed by atoms with Crippen LogP contribution >= 0.6 is 0 Å². The Morgan fingerprint density at radius 2 is 0.653 bits per heavy atom. The van der Waals surface area contributed by atoms with Crippen LogP contribution in [0.25, 0.3) is 152 Å². The molecule has 6 heterocycles. The zero-order valence-electron chi connectivity index (χ0n) is 53.8. The van der Waals surface area contributed by atoms with Crippen molar-refractivity contribution in [2.75, 3.05) is 0 Å². The molecule has 0 unspecified atom stereocenters. The Hall–Kier alpha value is -11.2. The van der Waals surface area contributed by atoms with Crippen molar-refractivity contribution in [3.63, 3.8) is 0 Å². The number of hydrogen-bond donors (Lipinski definition) is 0. The highest BCUT2D eigenvalue weighted by molar-refractivity contribution is 6.18. The minimum absolute atomic E-state index is 0.112. The fourth-order valence-electron chi connectivity index (χ4n) is 18.6. The third-order valence-corrected chi connectivity index (χ3v) is 22.7. The van der Waals surface area contributed by atoms with Crippen LogP contribution in [-0.2, 0) is 36.4 Å². The van der Waals surface area contributed by atoms with Crippen molar-refractivity contribution < 1.29 is 27.9 Å². The minimum atomic E-state index is -0.152. The average molecular weight is 1220 g/mol. The van der Waals surface area contributed by atoms with Gasteiger partial charge in [-0.3, -0.25) is 0 Å². The monoisotopic (exact) mass is 1220 g/mol. The van der Waals surface area contributed by atoms with Gasteiger partial charge in [0.05, 0.1) is 22.1 Å². The predicted octanol–water partition coefficient (Wildman–Crippen LogP) is 20.6. The normalized spacial score (nSPS) is 15.4. The maximum Gasteiger partial charge on any atom is 0.293 e. The Labute approximate surface area is 548 Å².